The summed E-state index contributed by atoms with van der Waals surface area (Å²) in [6.45, 7) is 9.10. The average Bonchev–Trinajstić information content (AvgIpc) is 2.29. The van der Waals surface area contributed by atoms with Crippen molar-refractivity contribution in [1.29, 1.82) is 0 Å². The van der Waals surface area contributed by atoms with Crippen LogP contribution in [-0.4, -0.2) is 44.7 Å². The number of nitrogens with zero attached hydrogens (tertiary/aromatic N) is 1. The van der Waals surface area contributed by atoms with Crippen LogP contribution < -0.4 is 5.32 Å². The number of hydrogen-bond donors (Lipinski definition) is 1. The molecule has 0 aromatic carbocycles. The highest BCUT2D eigenvalue weighted by molar-refractivity contribution is 7.89. The van der Waals surface area contributed by atoms with E-state index in [1.807, 2.05) is 6.92 Å². The number of nitrogens with one attached hydrogen (secondary N) is 1. The molecule has 0 aliphatic heterocycles. The van der Waals surface area contributed by atoms with Crippen molar-refractivity contribution in [2.75, 3.05) is 31.9 Å². The van der Waals surface area contributed by atoms with Crippen LogP contribution in [0.1, 0.15) is 46.5 Å². The normalized spacial score (nSPS) is 12.2. The topological polar surface area (TPSA) is 49.4 Å². The zero-order chi connectivity index (χ0) is 13.1. The molecule has 0 fully saturated rings. The highest BCUT2D eigenvalue weighted by Gasteiger charge is 2.18. The van der Waals surface area contributed by atoms with E-state index in [2.05, 4.69) is 19.2 Å². The highest BCUT2D eigenvalue weighted by atomic mass is 32.2. The maximum absolute atomic E-state index is 12.0. The van der Waals surface area contributed by atoms with E-state index in [0.717, 1.165) is 32.4 Å². The van der Waals surface area contributed by atoms with Gasteiger partial charge in [0.15, 0.2) is 0 Å². The minimum Gasteiger partial charge on any atom is -0.317 e. The van der Waals surface area contributed by atoms with Crippen LogP contribution >= 0.6 is 0 Å². The molecule has 0 unspecified atom stereocenters. The molecule has 4 nitrogen and oxygen atoms in total. The van der Waals surface area contributed by atoms with Gasteiger partial charge in [-0.3, -0.25) is 0 Å². The summed E-state index contributed by atoms with van der Waals surface area (Å²) in [4.78, 5) is 0. The molecule has 0 amide bonds. The third-order valence-electron chi connectivity index (χ3n) is 2.69. The number of unbranched alkanes of at least 4 members (excludes halogenated alkanes) is 1. The summed E-state index contributed by atoms with van der Waals surface area (Å²) in [5, 5.41) is 3.22. The van der Waals surface area contributed by atoms with E-state index in [0.29, 0.717) is 19.5 Å². The summed E-state index contributed by atoms with van der Waals surface area (Å²) in [6.07, 6.45) is 3.76. The molecule has 5 heteroatoms. The van der Waals surface area contributed by atoms with E-state index in [1.54, 1.807) is 4.31 Å². The molecule has 1 N–H and O–H groups in total. The molecular weight excluding hydrogens is 236 g/mol. The molecule has 0 rings (SSSR count). The van der Waals surface area contributed by atoms with Gasteiger partial charge in [0.25, 0.3) is 0 Å². The van der Waals surface area contributed by atoms with Crippen LogP contribution in [0.5, 0.6) is 0 Å². The van der Waals surface area contributed by atoms with Crippen LogP contribution in [0.3, 0.4) is 0 Å². The van der Waals surface area contributed by atoms with Gasteiger partial charge in [0, 0.05) is 13.1 Å². The molecule has 0 aromatic heterocycles. The Morgan fingerprint density at radius 1 is 1.00 bits per heavy atom. The van der Waals surface area contributed by atoms with Crippen LogP contribution in [0, 0.1) is 0 Å². The first-order valence-corrected chi connectivity index (χ1v) is 8.37. The molecule has 0 atom stereocenters. The third-order valence-corrected chi connectivity index (χ3v) is 4.72. The molecular formula is C12H28N2O2S. The van der Waals surface area contributed by atoms with Gasteiger partial charge in [-0.15, -0.1) is 0 Å². The number of hydrogen-bond acceptors (Lipinski definition) is 3. The monoisotopic (exact) mass is 264 g/mol. The molecule has 0 saturated heterocycles. The molecule has 0 aliphatic carbocycles. The van der Waals surface area contributed by atoms with Crippen molar-refractivity contribution in [1.82, 2.24) is 9.62 Å². The lowest BCUT2D eigenvalue weighted by atomic mass is 10.3. The predicted octanol–water partition coefficient (Wildman–Crippen LogP) is 1.83. The van der Waals surface area contributed by atoms with Gasteiger partial charge >= 0.3 is 0 Å². The fourth-order valence-electron chi connectivity index (χ4n) is 1.64. The number of sulfonamides is 1. The Morgan fingerprint density at radius 2 is 1.71 bits per heavy atom. The van der Waals surface area contributed by atoms with E-state index in [1.165, 1.54) is 0 Å². The third kappa shape index (κ3) is 7.73. The average molecular weight is 264 g/mol. The fourth-order valence-corrected chi connectivity index (χ4v) is 3.21. The van der Waals surface area contributed by atoms with Crippen molar-refractivity contribution in [2.24, 2.45) is 0 Å². The SMILES string of the molecule is CCCCN(CC)S(=O)(=O)CCCNCCC. The Kier molecular flexibility index (Phi) is 9.78. The van der Waals surface area contributed by atoms with E-state index in [-0.39, 0.29) is 5.75 Å². The van der Waals surface area contributed by atoms with E-state index in [4.69, 9.17) is 0 Å². The summed E-state index contributed by atoms with van der Waals surface area (Å²) < 4.78 is 25.6. The van der Waals surface area contributed by atoms with E-state index in [9.17, 15) is 8.42 Å². The molecule has 0 heterocycles. The lowest BCUT2D eigenvalue weighted by Crippen LogP contribution is -2.34. The maximum Gasteiger partial charge on any atom is 0.214 e. The standard InChI is InChI=1S/C12H28N2O2S/c1-4-7-11-14(6-3)17(15,16)12-8-10-13-9-5-2/h13H,4-12H2,1-3H3. The lowest BCUT2D eigenvalue weighted by molar-refractivity contribution is 0.417. The van der Waals surface area contributed by atoms with Crippen molar-refractivity contribution in [2.45, 2.75) is 46.5 Å². The minimum absolute atomic E-state index is 0.265. The van der Waals surface area contributed by atoms with Gasteiger partial charge in [0.1, 0.15) is 0 Å². The maximum atomic E-state index is 12.0. The second kappa shape index (κ2) is 9.85. The van der Waals surface area contributed by atoms with Crippen LogP contribution in [0.25, 0.3) is 0 Å². The van der Waals surface area contributed by atoms with Crippen molar-refractivity contribution in [3.8, 4) is 0 Å². The van der Waals surface area contributed by atoms with Gasteiger partial charge < -0.3 is 5.32 Å². The highest BCUT2D eigenvalue weighted by Crippen LogP contribution is 2.05. The van der Waals surface area contributed by atoms with E-state index < -0.39 is 10.0 Å². The quantitative estimate of drug-likeness (QED) is 0.579. The Balaban J connectivity index is 3.97. The Morgan fingerprint density at radius 3 is 2.24 bits per heavy atom. The Labute approximate surface area is 107 Å². The van der Waals surface area contributed by atoms with Crippen molar-refractivity contribution in [3.05, 3.63) is 0 Å². The van der Waals surface area contributed by atoms with Gasteiger partial charge in [-0.25, -0.2) is 12.7 Å². The molecule has 0 aromatic rings. The number of rotatable bonds is 11. The molecule has 0 radical (unpaired) electrons. The van der Waals surface area contributed by atoms with Crippen LogP contribution in [0.15, 0.2) is 0 Å². The summed E-state index contributed by atoms with van der Waals surface area (Å²) in [5.41, 5.74) is 0. The molecule has 0 bridgehead atoms. The summed E-state index contributed by atoms with van der Waals surface area (Å²) in [6, 6.07) is 0. The van der Waals surface area contributed by atoms with Crippen LogP contribution in [0.2, 0.25) is 0 Å². The van der Waals surface area contributed by atoms with Gasteiger partial charge in [-0.2, -0.15) is 0 Å². The molecule has 17 heavy (non-hydrogen) atoms. The summed E-state index contributed by atoms with van der Waals surface area (Å²) in [5.74, 6) is 0.265. The first kappa shape index (κ1) is 16.9. The Hall–Kier alpha value is -0.130. The first-order valence-electron chi connectivity index (χ1n) is 6.77. The van der Waals surface area contributed by atoms with E-state index >= 15 is 0 Å². The van der Waals surface area contributed by atoms with Crippen molar-refractivity contribution >= 4 is 10.0 Å². The largest absolute Gasteiger partial charge is 0.317 e. The van der Waals surface area contributed by atoms with Crippen LogP contribution in [0.4, 0.5) is 0 Å². The van der Waals surface area contributed by atoms with Gasteiger partial charge in [0.05, 0.1) is 5.75 Å². The Bertz CT molecular complexity index is 266. The fraction of sp³-hybridized carbons (Fsp3) is 1.00. The smallest absolute Gasteiger partial charge is 0.214 e. The second-order valence-electron chi connectivity index (χ2n) is 4.26. The zero-order valence-corrected chi connectivity index (χ0v) is 12.4. The lowest BCUT2D eigenvalue weighted by Gasteiger charge is -2.20. The minimum atomic E-state index is -3.04. The summed E-state index contributed by atoms with van der Waals surface area (Å²) >= 11 is 0. The first-order chi connectivity index (χ1) is 8.08. The molecule has 0 spiro atoms. The summed E-state index contributed by atoms with van der Waals surface area (Å²) in [7, 11) is -3.04. The molecule has 0 saturated carbocycles. The van der Waals surface area contributed by atoms with Gasteiger partial charge in [0.2, 0.25) is 10.0 Å². The second-order valence-corrected chi connectivity index (χ2v) is 6.35. The molecule has 0 aliphatic rings. The van der Waals surface area contributed by atoms with Gasteiger partial charge in [-0.1, -0.05) is 27.2 Å². The molecule has 104 valence electrons. The predicted molar refractivity (Wildman–Crippen MR) is 73.7 cm³/mol. The van der Waals surface area contributed by atoms with Crippen LogP contribution in [-0.2, 0) is 10.0 Å². The zero-order valence-electron chi connectivity index (χ0n) is 11.5. The van der Waals surface area contributed by atoms with Crippen molar-refractivity contribution in [3.63, 3.8) is 0 Å². The van der Waals surface area contributed by atoms with Gasteiger partial charge in [-0.05, 0) is 32.4 Å². The van der Waals surface area contributed by atoms with Crippen molar-refractivity contribution < 1.29 is 8.42 Å².